The topological polar surface area (TPSA) is 54.4 Å². The van der Waals surface area contributed by atoms with E-state index >= 15 is 0 Å². The Morgan fingerprint density at radius 3 is 2.71 bits per heavy atom. The minimum atomic E-state index is -0.486. The van der Waals surface area contributed by atoms with Crippen LogP contribution in [0.25, 0.3) is 0 Å². The van der Waals surface area contributed by atoms with Crippen LogP contribution in [0.4, 0.5) is 0 Å². The second-order valence-corrected chi connectivity index (χ2v) is 9.90. The Labute approximate surface area is 187 Å². The lowest BCUT2D eigenvalue weighted by Gasteiger charge is -2.31. The molecule has 0 aromatic heterocycles. The highest BCUT2D eigenvalue weighted by atomic mass is 16.5. The van der Waals surface area contributed by atoms with Gasteiger partial charge in [-0.05, 0) is 68.8 Å². The zero-order valence-corrected chi connectivity index (χ0v) is 19.4. The zero-order valence-electron chi connectivity index (χ0n) is 19.4. The molecule has 1 saturated carbocycles. The molecule has 174 valence electrons. The number of aliphatic hydroxyl groups is 1. The van der Waals surface area contributed by atoms with E-state index in [9.17, 15) is 5.11 Å². The predicted octanol–water partition coefficient (Wildman–Crippen LogP) is 3.31. The van der Waals surface area contributed by atoms with E-state index in [0.717, 1.165) is 51.4 Å². The van der Waals surface area contributed by atoms with Crippen molar-refractivity contribution in [1.82, 2.24) is 9.80 Å². The Balaban J connectivity index is 1.26. The molecule has 2 heterocycles. The largest absolute Gasteiger partial charge is 0.493 e. The van der Waals surface area contributed by atoms with Crippen molar-refractivity contribution < 1.29 is 19.3 Å². The number of ether oxygens (including phenoxy) is 3. The molecule has 6 nitrogen and oxygen atoms in total. The molecule has 1 N–H and O–H groups in total. The van der Waals surface area contributed by atoms with Crippen molar-refractivity contribution in [3.05, 3.63) is 23.8 Å². The van der Waals surface area contributed by atoms with Crippen LogP contribution in [0.5, 0.6) is 11.5 Å². The molecule has 2 saturated heterocycles. The molecule has 0 amide bonds. The van der Waals surface area contributed by atoms with E-state index in [1.165, 1.54) is 37.7 Å². The number of methoxy groups -OCH3 is 1. The molecule has 0 radical (unpaired) electrons. The fourth-order valence-corrected chi connectivity index (χ4v) is 5.73. The van der Waals surface area contributed by atoms with Gasteiger partial charge < -0.3 is 24.2 Å². The maximum Gasteiger partial charge on any atom is 0.161 e. The summed E-state index contributed by atoms with van der Waals surface area (Å²) < 4.78 is 17.0. The van der Waals surface area contributed by atoms with Crippen molar-refractivity contribution in [1.29, 1.82) is 0 Å². The van der Waals surface area contributed by atoms with Gasteiger partial charge in [0.1, 0.15) is 12.7 Å². The number of nitrogens with zero attached hydrogens (tertiary/aromatic N) is 2. The first kappa shape index (κ1) is 22.8. The van der Waals surface area contributed by atoms with Crippen LogP contribution in [0.2, 0.25) is 0 Å². The first-order valence-corrected chi connectivity index (χ1v) is 12.0. The Hall–Kier alpha value is -1.34. The van der Waals surface area contributed by atoms with Gasteiger partial charge in [0, 0.05) is 38.9 Å². The number of likely N-dealkylation sites (tertiary alicyclic amines) is 1. The SMILES string of the molecule is COc1cc(CN(C)C2CCOCC2)ccc1OCC(O)CN1CCC2(CCCC2)C1. The van der Waals surface area contributed by atoms with Crippen molar-refractivity contribution in [3.8, 4) is 11.5 Å². The van der Waals surface area contributed by atoms with Crippen LogP contribution in [0.3, 0.4) is 0 Å². The molecule has 1 aromatic rings. The predicted molar refractivity (Wildman–Crippen MR) is 122 cm³/mol. The van der Waals surface area contributed by atoms with Crippen LogP contribution >= 0.6 is 0 Å². The van der Waals surface area contributed by atoms with Gasteiger partial charge in [-0.25, -0.2) is 0 Å². The summed E-state index contributed by atoms with van der Waals surface area (Å²) in [5.41, 5.74) is 1.75. The van der Waals surface area contributed by atoms with Crippen LogP contribution in [0, 0.1) is 5.41 Å². The Bertz CT molecular complexity index is 701. The molecule has 31 heavy (non-hydrogen) atoms. The Morgan fingerprint density at radius 1 is 1.19 bits per heavy atom. The van der Waals surface area contributed by atoms with Crippen molar-refractivity contribution in [2.24, 2.45) is 5.41 Å². The maximum absolute atomic E-state index is 10.6. The summed E-state index contributed by atoms with van der Waals surface area (Å²) in [6, 6.07) is 6.70. The third-order valence-corrected chi connectivity index (χ3v) is 7.56. The molecule has 1 spiro atoms. The van der Waals surface area contributed by atoms with Gasteiger partial charge in [-0.2, -0.15) is 0 Å². The molecule has 3 aliphatic rings. The lowest BCUT2D eigenvalue weighted by atomic mass is 9.86. The highest BCUT2D eigenvalue weighted by molar-refractivity contribution is 5.43. The van der Waals surface area contributed by atoms with Crippen molar-refractivity contribution in [2.75, 3.05) is 53.6 Å². The minimum Gasteiger partial charge on any atom is -0.493 e. The summed E-state index contributed by atoms with van der Waals surface area (Å²) in [5, 5.41) is 10.6. The third-order valence-electron chi connectivity index (χ3n) is 7.56. The second kappa shape index (κ2) is 10.5. The third kappa shape index (κ3) is 5.92. The molecule has 1 atom stereocenters. The summed E-state index contributed by atoms with van der Waals surface area (Å²) in [6.45, 7) is 5.82. The Kier molecular flexibility index (Phi) is 7.75. The molecular formula is C25H40N2O4. The lowest BCUT2D eigenvalue weighted by Crippen LogP contribution is -2.36. The van der Waals surface area contributed by atoms with Crippen molar-refractivity contribution >= 4 is 0 Å². The summed E-state index contributed by atoms with van der Waals surface area (Å²) in [7, 11) is 3.85. The highest BCUT2D eigenvalue weighted by Crippen LogP contribution is 2.45. The van der Waals surface area contributed by atoms with E-state index in [0.29, 0.717) is 30.4 Å². The summed E-state index contributed by atoms with van der Waals surface area (Å²) in [4.78, 5) is 4.82. The van der Waals surface area contributed by atoms with Crippen LogP contribution in [0.1, 0.15) is 50.5 Å². The average molecular weight is 433 g/mol. The van der Waals surface area contributed by atoms with Crippen molar-refractivity contribution in [2.45, 2.75) is 63.6 Å². The van der Waals surface area contributed by atoms with E-state index < -0.39 is 6.10 Å². The molecule has 0 bridgehead atoms. The molecule has 3 fully saturated rings. The lowest BCUT2D eigenvalue weighted by molar-refractivity contribution is 0.0406. The van der Waals surface area contributed by atoms with E-state index in [1.54, 1.807) is 7.11 Å². The average Bonchev–Trinajstić information content (AvgIpc) is 3.42. The van der Waals surface area contributed by atoms with Gasteiger partial charge in [-0.15, -0.1) is 0 Å². The first-order chi connectivity index (χ1) is 15.1. The normalized spacial score (nSPS) is 23.0. The van der Waals surface area contributed by atoms with Gasteiger partial charge in [0.2, 0.25) is 0 Å². The fourth-order valence-electron chi connectivity index (χ4n) is 5.73. The second-order valence-electron chi connectivity index (χ2n) is 9.90. The molecule has 4 rings (SSSR count). The van der Waals surface area contributed by atoms with Crippen LogP contribution in [0.15, 0.2) is 18.2 Å². The van der Waals surface area contributed by atoms with Crippen LogP contribution in [-0.4, -0.2) is 80.7 Å². The molecule has 1 aliphatic carbocycles. The van der Waals surface area contributed by atoms with Gasteiger partial charge in [0.15, 0.2) is 11.5 Å². The van der Waals surface area contributed by atoms with Crippen molar-refractivity contribution in [3.63, 3.8) is 0 Å². The van der Waals surface area contributed by atoms with Gasteiger partial charge in [0.05, 0.1) is 7.11 Å². The molecular weight excluding hydrogens is 392 g/mol. The number of rotatable bonds is 9. The molecule has 1 aromatic carbocycles. The van der Waals surface area contributed by atoms with Crippen LogP contribution in [-0.2, 0) is 11.3 Å². The van der Waals surface area contributed by atoms with E-state index in [2.05, 4.69) is 29.0 Å². The number of aliphatic hydroxyl groups excluding tert-OH is 1. The quantitative estimate of drug-likeness (QED) is 0.646. The van der Waals surface area contributed by atoms with E-state index in [-0.39, 0.29) is 0 Å². The maximum atomic E-state index is 10.6. The van der Waals surface area contributed by atoms with Crippen LogP contribution < -0.4 is 9.47 Å². The molecule has 1 unspecified atom stereocenters. The monoisotopic (exact) mass is 432 g/mol. The van der Waals surface area contributed by atoms with Gasteiger partial charge in [0.25, 0.3) is 0 Å². The first-order valence-electron chi connectivity index (χ1n) is 12.0. The number of hydrogen-bond donors (Lipinski definition) is 1. The van der Waals surface area contributed by atoms with Gasteiger partial charge >= 0.3 is 0 Å². The summed E-state index contributed by atoms with van der Waals surface area (Å²) in [5.74, 6) is 1.43. The zero-order chi connectivity index (χ0) is 21.7. The fraction of sp³-hybridized carbons (Fsp3) is 0.760. The van der Waals surface area contributed by atoms with Gasteiger partial charge in [-0.1, -0.05) is 18.9 Å². The summed E-state index contributed by atoms with van der Waals surface area (Å²) >= 11 is 0. The Morgan fingerprint density at radius 2 is 1.97 bits per heavy atom. The highest BCUT2D eigenvalue weighted by Gasteiger charge is 2.40. The summed E-state index contributed by atoms with van der Waals surface area (Å²) in [6.07, 6.45) is 8.46. The molecule has 6 heteroatoms. The minimum absolute atomic E-state index is 0.293. The number of benzene rings is 1. The number of hydrogen-bond acceptors (Lipinski definition) is 6. The van der Waals surface area contributed by atoms with E-state index in [1.807, 2.05) is 6.07 Å². The molecule has 2 aliphatic heterocycles. The van der Waals surface area contributed by atoms with E-state index in [4.69, 9.17) is 14.2 Å². The number of β-amino-alcohol motifs (C(OH)–C–C–N with tert-alkyl or cyclic N) is 1. The van der Waals surface area contributed by atoms with Gasteiger partial charge in [-0.3, -0.25) is 4.90 Å². The smallest absolute Gasteiger partial charge is 0.161 e. The standard InChI is InChI=1S/C25H40N2O4/c1-26(21-7-13-30-14-8-21)16-20-5-6-23(24(15-20)29-2)31-18-22(28)17-27-12-11-25(19-27)9-3-4-10-25/h5-6,15,21-22,28H,3-4,7-14,16-19H2,1-2H3.